The quantitative estimate of drug-likeness (QED) is 0.631. The molecular formula is C23H22N2O4. The van der Waals surface area contributed by atoms with E-state index in [0.717, 1.165) is 11.3 Å². The van der Waals surface area contributed by atoms with E-state index < -0.39 is 11.9 Å². The van der Waals surface area contributed by atoms with E-state index in [1.807, 2.05) is 42.5 Å². The lowest BCUT2D eigenvalue weighted by Gasteiger charge is -2.03. The first-order valence-corrected chi connectivity index (χ1v) is 9.35. The van der Waals surface area contributed by atoms with Gasteiger partial charge in [0.2, 0.25) is 0 Å². The van der Waals surface area contributed by atoms with Crippen LogP contribution in [-0.4, -0.2) is 30.1 Å². The molecule has 0 saturated carbocycles. The molecule has 0 unspecified atom stereocenters. The van der Waals surface area contributed by atoms with E-state index >= 15 is 0 Å². The largest absolute Gasteiger partial charge is 0.462 e. The minimum atomic E-state index is -0.567. The van der Waals surface area contributed by atoms with Crippen LogP contribution in [0.1, 0.15) is 45.8 Å². The van der Waals surface area contributed by atoms with Crippen molar-refractivity contribution < 1.29 is 19.1 Å². The fourth-order valence-corrected chi connectivity index (χ4v) is 3.06. The predicted octanol–water partition coefficient (Wildman–Crippen LogP) is 4.29. The Morgan fingerprint density at radius 1 is 0.897 bits per heavy atom. The molecule has 29 heavy (non-hydrogen) atoms. The number of rotatable bonds is 6. The van der Waals surface area contributed by atoms with Gasteiger partial charge in [0.1, 0.15) is 0 Å². The number of esters is 2. The lowest BCUT2D eigenvalue weighted by molar-refractivity contribution is 0.0525. The Kier molecular flexibility index (Phi) is 6.24. The lowest BCUT2D eigenvalue weighted by Crippen LogP contribution is -2.09. The van der Waals surface area contributed by atoms with Crippen molar-refractivity contribution in [2.75, 3.05) is 18.9 Å². The molecule has 6 nitrogen and oxygen atoms in total. The minimum Gasteiger partial charge on any atom is -0.462 e. The monoisotopic (exact) mass is 390 g/mol. The highest BCUT2D eigenvalue weighted by Gasteiger charge is 2.30. The van der Waals surface area contributed by atoms with Gasteiger partial charge < -0.3 is 15.2 Å². The Hall–Kier alpha value is -3.67. The van der Waals surface area contributed by atoms with Crippen molar-refractivity contribution in [3.8, 4) is 11.1 Å². The van der Waals surface area contributed by atoms with Gasteiger partial charge in [0.15, 0.2) is 0 Å². The van der Waals surface area contributed by atoms with E-state index in [1.54, 1.807) is 32.2 Å². The number of nitrogens with two attached hydrogens (primary N) is 1. The van der Waals surface area contributed by atoms with Gasteiger partial charge >= 0.3 is 11.9 Å². The Morgan fingerprint density at radius 2 is 1.48 bits per heavy atom. The summed E-state index contributed by atoms with van der Waals surface area (Å²) in [5.41, 5.74) is 9.39. The van der Waals surface area contributed by atoms with Gasteiger partial charge in [-0.3, -0.25) is 4.98 Å². The first kappa shape index (κ1) is 20.1. The van der Waals surface area contributed by atoms with E-state index in [4.69, 9.17) is 15.2 Å². The average Bonchev–Trinajstić information content (AvgIpc) is 2.84. The van der Waals surface area contributed by atoms with E-state index in [2.05, 4.69) is 4.98 Å². The number of nitrogen functional groups attached to an aromatic ring is 1. The van der Waals surface area contributed by atoms with Crippen molar-refractivity contribution in [2.45, 2.75) is 13.8 Å². The molecule has 1 aromatic rings. The first-order chi connectivity index (χ1) is 14.1. The third-order valence-electron chi connectivity index (χ3n) is 4.35. The summed E-state index contributed by atoms with van der Waals surface area (Å²) in [6, 6.07) is 12.9. The minimum absolute atomic E-state index is 0.0775. The highest BCUT2D eigenvalue weighted by atomic mass is 16.5. The van der Waals surface area contributed by atoms with Gasteiger partial charge in [0.25, 0.3) is 0 Å². The van der Waals surface area contributed by atoms with Crippen LogP contribution in [0.2, 0.25) is 0 Å². The van der Waals surface area contributed by atoms with Crippen molar-refractivity contribution in [1.29, 1.82) is 0 Å². The third kappa shape index (κ3) is 4.27. The molecule has 2 N–H and O–H groups in total. The second-order valence-electron chi connectivity index (χ2n) is 6.19. The zero-order valence-electron chi connectivity index (χ0n) is 16.3. The topological polar surface area (TPSA) is 91.5 Å². The van der Waals surface area contributed by atoms with Gasteiger partial charge in [-0.05, 0) is 48.7 Å². The molecule has 0 aliphatic heterocycles. The molecule has 0 aromatic carbocycles. The molecule has 6 heteroatoms. The number of ether oxygens (including phenoxy) is 2. The van der Waals surface area contributed by atoms with Crippen LogP contribution in [0, 0.1) is 0 Å². The maximum Gasteiger partial charge on any atom is 0.340 e. The zero-order valence-corrected chi connectivity index (χ0v) is 16.3. The summed E-state index contributed by atoms with van der Waals surface area (Å²) in [5, 5.41) is 0. The van der Waals surface area contributed by atoms with Gasteiger partial charge in [0, 0.05) is 6.20 Å². The van der Waals surface area contributed by atoms with Crippen molar-refractivity contribution in [1.82, 2.24) is 4.98 Å². The smallest absolute Gasteiger partial charge is 0.340 e. The summed E-state index contributed by atoms with van der Waals surface area (Å²) < 4.78 is 10.3. The fraction of sp³-hybridized carbons (Fsp3) is 0.174. The molecule has 0 amide bonds. The Balaban J connectivity index is 2.11. The van der Waals surface area contributed by atoms with Crippen LogP contribution < -0.4 is 5.73 Å². The average molecular weight is 390 g/mol. The highest BCUT2D eigenvalue weighted by molar-refractivity contribution is 6.15. The molecule has 2 aliphatic carbocycles. The number of fused-ring (bicyclic) bond motifs is 1. The number of anilines is 1. The van der Waals surface area contributed by atoms with Crippen molar-refractivity contribution in [2.24, 2.45) is 0 Å². The lowest BCUT2D eigenvalue weighted by atomic mass is 10.1. The summed E-state index contributed by atoms with van der Waals surface area (Å²) in [7, 11) is 0. The Morgan fingerprint density at radius 3 is 1.97 bits per heavy atom. The van der Waals surface area contributed by atoms with Crippen molar-refractivity contribution in [3.05, 3.63) is 71.0 Å². The van der Waals surface area contributed by atoms with Crippen LogP contribution in [-0.2, 0) is 9.47 Å². The molecule has 3 rings (SSSR count). The fourth-order valence-electron chi connectivity index (χ4n) is 3.06. The predicted molar refractivity (Wildman–Crippen MR) is 113 cm³/mol. The standard InChI is InChI=1S/C23H22N2O4/c1-3-28-22(26)19-17-12-9-15(8-11-16-7-5-6-14-25-16)10-13-18(17)20(21(19)24)23(27)29-4-2/h5-14H,3-4,24H2,1-2H3/b11-8+. The van der Waals surface area contributed by atoms with Crippen LogP contribution in [0.25, 0.3) is 23.3 Å². The SMILES string of the molecule is CCOC(=O)c1c2ccc(/C=C/c3ccccn3)ccc-2c(C(=O)OCC)c1N. The number of carbonyl (C=O) groups is 2. The number of hydrogen-bond donors (Lipinski definition) is 1. The summed E-state index contributed by atoms with van der Waals surface area (Å²) in [6.45, 7) is 3.84. The van der Waals surface area contributed by atoms with Crippen LogP contribution in [0.15, 0.2) is 48.7 Å². The van der Waals surface area contributed by atoms with Crippen LogP contribution in [0.3, 0.4) is 0 Å². The van der Waals surface area contributed by atoms with Gasteiger partial charge in [0.05, 0.1) is 35.7 Å². The number of carbonyl (C=O) groups excluding carboxylic acids is 2. The van der Waals surface area contributed by atoms with E-state index in [-0.39, 0.29) is 30.0 Å². The van der Waals surface area contributed by atoms with Gasteiger partial charge in [-0.2, -0.15) is 0 Å². The molecule has 0 bridgehead atoms. The number of pyridine rings is 1. The molecule has 2 aliphatic rings. The maximum atomic E-state index is 12.5. The Labute approximate surface area is 169 Å². The molecular weight excluding hydrogens is 368 g/mol. The molecule has 0 atom stereocenters. The molecule has 0 saturated heterocycles. The van der Waals surface area contributed by atoms with Crippen LogP contribution in [0.4, 0.5) is 5.69 Å². The van der Waals surface area contributed by atoms with Gasteiger partial charge in [-0.25, -0.2) is 9.59 Å². The zero-order chi connectivity index (χ0) is 20.8. The van der Waals surface area contributed by atoms with Gasteiger partial charge in [-0.1, -0.05) is 36.4 Å². The van der Waals surface area contributed by atoms with Crippen LogP contribution >= 0.6 is 0 Å². The number of nitrogens with zero attached hydrogens (tertiary/aromatic N) is 1. The van der Waals surface area contributed by atoms with Crippen molar-refractivity contribution >= 4 is 29.8 Å². The normalized spacial score (nSPS) is 11.0. The maximum absolute atomic E-state index is 12.5. The highest BCUT2D eigenvalue weighted by Crippen LogP contribution is 2.39. The number of hydrogen-bond acceptors (Lipinski definition) is 6. The molecule has 1 aromatic heterocycles. The summed E-state index contributed by atoms with van der Waals surface area (Å²) in [4.78, 5) is 29.2. The molecule has 148 valence electrons. The second-order valence-corrected chi connectivity index (χ2v) is 6.19. The van der Waals surface area contributed by atoms with Crippen LogP contribution in [0.5, 0.6) is 0 Å². The second kappa shape index (κ2) is 9.01. The Bertz CT molecular complexity index is 973. The molecule has 0 fully saturated rings. The van der Waals surface area contributed by atoms with E-state index in [1.165, 1.54) is 0 Å². The summed E-state index contributed by atoms with van der Waals surface area (Å²) in [5.74, 6) is -1.13. The van der Waals surface area contributed by atoms with E-state index in [0.29, 0.717) is 11.1 Å². The van der Waals surface area contributed by atoms with E-state index in [9.17, 15) is 9.59 Å². The third-order valence-corrected chi connectivity index (χ3v) is 4.35. The first-order valence-electron chi connectivity index (χ1n) is 9.35. The summed E-state index contributed by atoms with van der Waals surface area (Å²) >= 11 is 0. The molecule has 1 heterocycles. The molecule has 0 spiro atoms. The number of aromatic nitrogens is 1. The molecule has 0 radical (unpaired) electrons. The van der Waals surface area contributed by atoms with Gasteiger partial charge in [-0.15, -0.1) is 0 Å². The summed E-state index contributed by atoms with van der Waals surface area (Å²) in [6.07, 6.45) is 5.50. The van der Waals surface area contributed by atoms with Crippen molar-refractivity contribution in [3.63, 3.8) is 0 Å².